The van der Waals surface area contributed by atoms with Gasteiger partial charge in [0.05, 0.1) is 6.61 Å². The molecule has 170 valence electrons. The molecule has 0 saturated carbocycles. The number of anilines is 1. The zero-order valence-corrected chi connectivity index (χ0v) is 19.5. The van der Waals surface area contributed by atoms with Crippen LogP contribution in [-0.2, 0) is 0 Å². The molecule has 1 aliphatic rings. The minimum absolute atomic E-state index is 0.0559. The van der Waals surface area contributed by atoms with Crippen LogP contribution in [0.15, 0.2) is 48.5 Å². The van der Waals surface area contributed by atoms with Crippen molar-refractivity contribution in [3.8, 4) is 5.75 Å². The molecular weight excluding hydrogens is 422 g/mol. The number of piperidine rings is 1. The number of carbonyl (C=O) groups excluding carboxylic acids is 2. The van der Waals surface area contributed by atoms with Crippen LogP contribution in [0.5, 0.6) is 5.75 Å². The maximum Gasteiger partial charge on any atom is 0.257 e. The fourth-order valence-corrected chi connectivity index (χ4v) is 3.70. The van der Waals surface area contributed by atoms with Gasteiger partial charge >= 0.3 is 0 Å². The number of hydrogen-bond donors (Lipinski definition) is 2. The summed E-state index contributed by atoms with van der Waals surface area (Å²) in [5.74, 6) is 1.08. The lowest BCUT2D eigenvalue weighted by Gasteiger charge is -2.30. The van der Waals surface area contributed by atoms with Gasteiger partial charge in [-0.25, -0.2) is 0 Å². The summed E-state index contributed by atoms with van der Waals surface area (Å²) in [6, 6.07) is 14.2. The number of nitrogens with zero attached hydrogens (tertiary/aromatic N) is 1. The van der Waals surface area contributed by atoms with Gasteiger partial charge in [-0.1, -0.05) is 26.3 Å². The quantitative estimate of drug-likeness (QED) is 0.463. The van der Waals surface area contributed by atoms with Crippen molar-refractivity contribution in [3.63, 3.8) is 0 Å². The monoisotopic (exact) mass is 453 g/mol. The molecule has 32 heavy (non-hydrogen) atoms. The molecule has 0 bridgehead atoms. The Kier molecular flexibility index (Phi) is 8.62. The smallest absolute Gasteiger partial charge is 0.257 e. The van der Waals surface area contributed by atoms with E-state index in [-0.39, 0.29) is 16.9 Å². The molecule has 0 aliphatic carbocycles. The first-order chi connectivity index (χ1) is 15.5. The Labute approximate surface area is 195 Å². The Morgan fingerprint density at radius 1 is 1.09 bits per heavy atom. The van der Waals surface area contributed by atoms with Crippen LogP contribution in [0.2, 0.25) is 0 Å². The number of unbranched alkanes of at least 4 members (excludes halogenated alkanes) is 1. The van der Waals surface area contributed by atoms with E-state index in [1.54, 1.807) is 42.5 Å². The van der Waals surface area contributed by atoms with Crippen LogP contribution in [0.4, 0.5) is 5.69 Å². The van der Waals surface area contributed by atoms with Gasteiger partial charge in [0, 0.05) is 29.9 Å². The van der Waals surface area contributed by atoms with Crippen molar-refractivity contribution in [1.29, 1.82) is 0 Å². The topological polar surface area (TPSA) is 70.7 Å². The maximum absolute atomic E-state index is 12.7. The fourth-order valence-electron chi connectivity index (χ4n) is 3.49. The number of carbonyl (C=O) groups is 2. The van der Waals surface area contributed by atoms with Crippen molar-refractivity contribution in [2.45, 2.75) is 39.5 Å². The second kappa shape index (κ2) is 11.6. The Hall–Kier alpha value is -2.93. The Bertz CT molecular complexity index is 938. The molecule has 2 aromatic rings. The van der Waals surface area contributed by atoms with Gasteiger partial charge < -0.3 is 15.0 Å². The van der Waals surface area contributed by atoms with Gasteiger partial charge in [0.2, 0.25) is 0 Å². The minimum Gasteiger partial charge on any atom is -0.494 e. The zero-order chi connectivity index (χ0) is 22.9. The summed E-state index contributed by atoms with van der Waals surface area (Å²) < 4.78 is 5.66. The number of benzene rings is 2. The molecule has 7 heteroatoms. The van der Waals surface area contributed by atoms with E-state index in [4.69, 9.17) is 17.0 Å². The van der Waals surface area contributed by atoms with Crippen molar-refractivity contribution < 1.29 is 14.3 Å². The third-order valence-electron chi connectivity index (χ3n) is 5.55. The van der Waals surface area contributed by atoms with Gasteiger partial charge in [0.1, 0.15) is 5.75 Å². The second-order valence-electron chi connectivity index (χ2n) is 8.19. The standard InChI is InChI=1S/C25H31N3O3S/c1-3-4-16-31-22-7-5-6-20(17-22)23(29)27-25(32)26-21-10-8-19(9-11-21)24(30)28-14-12-18(2)13-15-28/h5-11,17-18H,3-4,12-16H2,1-2H3,(H2,26,27,29,32). The van der Waals surface area contributed by atoms with Crippen molar-refractivity contribution >= 4 is 34.8 Å². The largest absolute Gasteiger partial charge is 0.494 e. The lowest BCUT2D eigenvalue weighted by atomic mass is 9.98. The molecule has 2 N–H and O–H groups in total. The van der Waals surface area contributed by atoms with Gasteiger partial charge in [-0.15, -0.1) is 0 Å². The van der Waals surface area contributed by atoms with Crippen molar-refractivity contribution in [2.75, 3.05) is 25.0 Å². The van der Waals surface area contributed by atoms with Crippen molar-refractivity contribution in [1.82, 2.24) is 10.2 Å². The van der Waals surface area contributed by atoms with E-state index in [0.717, 1.165) is 38.8 Å². The number of ether oxygens (including phenoxy) is 1. The van der Waals surface area contributed by atoms with Crippen LogP contribution in [0.25, 0.3) is 0 Å². The Balaban J connectivity index is 1.52. The summed E-state index contributed by atoms with van der Waals surface area (Å²) in [6.07, 6.45) is 4.11. The lowest BCUT2D eigenvalue weighted by molar-refractivity contribution is 0.0697. The van der Waals surface area contributed by atoms with Gasteiger partial charge in [0.15, 0.2) is 5.11 Å². The number of hydrogen-bond acceptors (Lipinski definition) is 4. The van der Waals surface area contributed by atoms with Crippen molar-refractivity contribution in [3.05, 3.63) is 59.7 Å². The summed E-state index contributed by atoms with van der Waals surface area (Å²) in [7, 11) is 0. The van der Waals surface area contributed by atoms with E-state index in [2.05, 4.69) is 24.5 Å². The summed E-state index contributed by atoms with van der Waals surface area (Å²) in [5.41, 5.74) is 1.83. The van der Waals surface area contributed by atoms with Crippen LogP contribution in [0.3, 0.4) is 0 Å². The third kappa shape index (κ3) is 6.79. The molecule has 3 rings (SSSR count). The average Bonchev–Trinajstić information content (AvgIpc) is 2.80. The minimum atomic E-state index is -0.311. The molecule has 0 atom stereocenters. The van der Waals surface area contributed by atoms with Crippen LogP contribution in [0, 0.1) is 5.92 Å². The molecule has 0 radical (unpaired) electrons. The first-order valence-corrected chi connectivity index (χ1v) is 11.6. The van der Waals surface area contributed by atoms with E-state index in [1.165, 1.54) is 0 Å². The van der Waals surface area contributed by atoms with Crippen LogP contribution >= 0.6 is 12.2 Å². The van der Waals surface area contributed by atoms with E-state index in [1.807, 2.05) is 11.0 Å². The molecule has 2 aromatic carbocycles. The SMILES string of the molecule is CCCCOc1cccc(C(=O)NC(=S)Nc2ccc(C(=O)N3CCC(C)CC3)cc2)c1. The molecule has 1 aliphatic heterocycles. The molecule has 6 nitrogen and oxygen atoms in total. The second-order valence-corrected chi connectivity index (χ2v) is 8.60. The highest BCUT2D eigenvalue weighted by Crippen LogP contribution is 2.19. The highest BCUT2D eigenvalue weighted by Gasteiger charge is 2.21. The molecule has 0 unspecified atom stereocenters. The number of amides is 2. The van der Waals surface area contributed by atoms with Gasteiger partial charge in [-0.2, -0.15) is 0 Å². The number of likely N-dealkylation sites (tertiary alicyclic amines) is 1. The third-order valence-corrected chi connectivity index (χ3v) is 5.75. The zero-order valence-electron chi connectivity index (χ0n) is 18.7. The molecule has 1 saturated heterocycles. The summed E-state index contributed by atoms with van der Waals surface area (Å²) in [4.78, 5) is 27.1. The molecule has 2 amide bonds. The number of thiocarbonyl (C=S) groups is 1. The highest BCUT2D eigenvalue weighted by atomic mass is 32.1. The van der Waals surface area contributed by atoms with Gasteiger partial charge in [-0.05, 0) is 79.9 Å². The van der Waals surface area contributed by atoms with E-state index < -0.39 is 0 Å². The van der Waals surface area contributed by atoms with E-state index >= 15 is 0 Å². The summed E-state index contributed by atoms with van der Waals surface area (Å²) in [6.45, 7) is 6.56. The summed E-state index contributed by atoms with van der Waals surface area (Å²) >= 11 is 5.28. The highest BCUT2D eigenvalue weighted by molar-refractivity contribution is 7.80. The average molecular weight is 454 g/mol. The summed E-state index contributed by atoms with van der Waals surface area (Å²) in [5, 5.41) is 5.87. The van der Waals surface area contributed by atoms with Gasteiger partial charge in [-0.3, -0.25) is 14.9 Å². The Morgan fingerprint density at radius 3 is 2.50 bits per heavy atom. The van der Waals surface area contributed by atoms with Crippen LogP contribution < -0.4 is 15.4 Å². The molecule has 1 heterocycles. The maximum atomic E-state index is 12.7. The number of rotatable bonds is 7. The lowest BCUT2D eigenvalue weighted by Crippen LogP contribution is -2.37. The van der Waals surface area contributed by atoms with E-state index in [9.17, 15) is 9.59 Å². The first kappa shape index (κ1) is 23.7. The van der Waals surface area contributed by atoms with E-state index in [0.29, 0.717) is 35.1 Å². The fraction of sp³-hybridized carbons (Fsp3) is 0.400. The predicted octanol–water partition coefficient (Wildman–Crippen LogP) is 4.86. The first-order valence-electron chi connectivity index (χ1n) is 11.2. The molecule has 0 aromatic heterocycles. The number of nitrogens with one attached hydrogen (secondary N) is 2. The van der Waals surface area contributed by atoms with Crippen molar-refractivity contribution in [2.24, 2.45) is 5.92 Å². The van der Waals surface area contributed by atoms with Crippen LogP contribution in [0.1, 0.15) is 60.2 Å². The predicted molar refractivity (Wildman–Crippen MR) is 131 cm³/mol. The molecule has 0 spiro atoms. The molecular formula is C25H31N3O3S. The molecule has 1 fully saturated rings. The Morgan fingerprint density at radius 2 is 1.81 bits per heavy atom. The normalized spacial score (nSPS) is 14.0. The van der Waals surface area contributed by atoms with Crippen LogP contribution in [-0.4, -0.2) is 41.5 Å². The van der Waals surface area contributed by atoms with Gasteiger partial charge in [0.25, 0.3) is 11.8 Å².